The highest BCUT2D eigenvalue weighted by atomic mass is 32.2. The monoisotopic (exact) mass is 373 g/mol. The Morgan fingerprint density at radius 3 is 2.41 bits per heavy atom. The number of hydrogen-bond donors (Lipinski definition) is 0. The maximum Gasteiger partial charge on any atom is 0.251 e. The first-order valence-electron chi connectivity index (χ1n) is 8.69. The van der Waals surface area contributed by atoms with Crippen LogP contribution in [0.2, 0.25) is 0 Å². The zero-order chi connectivity index (χ0) is 18.6. The number of hydrogen-bond acceptors (Lipinski definition) is 3. The second-order valence-electron chi connectivity index (χ2n) is 6.33. The molecule has 0 unspecified atom stereocenters. The van der Waals surface area contributed by atoms with Gasteiger partial charge in [-0.1, -0.05) is 60.3 Å². The second kappa shape index (κ2) is 7.68. The topological polar surface area (TPSA) is 39.8 Å². The normalized spacial score (nSPS) is 10.9. The van der Waals surface area contributed by atoms with Crippen LogP contribution in [0, 0.1) is 0 Å². The minimum Gasteiger partial charge on any atom is -0.318 e. The van der Waals surface area contributed by atoms with E-state index in [2.05, 4.69) is 17.2 Å². The van der Waals surface area contributed by atoms with Gasteiger partial charge in [0.05, 0.1) is 12.7 Å². The molecule has 2 aromatic carbocycles. The molecule has 27 heavy (non-hydrogen) atoms. The smallest absolute Gasteiger partial charge is 0.251 e. The molecule has 0 aliphatic heterocycles. The Kier molecular flexibility index (Phi) is 4.94. The molecule has 0 saturated heterocycles. The quantitative estimate of drug-likeness (QED) is 0.519. The molecule has 0 amide bonds. The lowest BCUT2D eigenvalue weighted by molar-refractivity contribution is 0.687. The summed E-state index contributed by atoms with van der Waals surface area (Å²) in [4.78, 5) is 14.2. The van der Waals surface area contributed by atoms with Crippen LogP contribution in [0.15, 0.2) is 99.9 Å². The molecule has 0 radical (unpaired) electrons. The molecule has 0 fully saturated rings. The Morgan fingerprint density at radius 2 is 1.67 bits per heavy atom. The van der Waals surface area contributed by atoms with E-state index in [0.717, 1.165) is 20.9 Å². The van der Waals surface area contributed by atoms with Gasteiger partial charge in [0.25, 0.3) is 5.56 Å². The Balaban J connectivity index is 1.69. The molecule has 0 spiro atoms. The number of pyridine rings is 1. The first-order valence-corrected chi connectivity index (χ1v) is 9.51. The van der Waals surface area contributed by atoms with Gasteiger partial charge in [0, 0.05) is 46.4 Å². The summed E-state index contributed by atoms with van der Waals surface area (Å²) in [6, 6.07) is 22.0. The van der Waals surface area contributed by atoms with Crippen LogP contribution >= 0.6 is 11.8 Å². The molecule has 2 aromatic heterocycles. The van der Waals surface area contributed by atoms with Gasteiger partial charge in [-0.25, -0.2) is 0 Å². The van der Waals surface area contributed by atoms with Gasteiger partial charge in [0.15, 0.2) is 0 Å². The fourth-order valence-electron chi connectivity index (χ4n) is 2.89. The zero-order valence-corrected chi connectivity index (χ0v) is 15.8. The molecule has 5 heteroatoms. The van der Waals surface area contributed by atoms with Gasteiger partial charge in [0.1, 0.15) is 0 Å². The van der Waals surface area contributed by atoms with E-state index in [1.54, 1.807) is 29.4 Å². The molecule has 0 saturated carbocycles. The van der Waals surface area contributed by atoms with Gasteiger partial charge >= 0.3 is 0 Å². The van der Waals surface area contributed by atoms with Crippen molar-refractivity contribution >= 4 is 11.8 Å². The van der Waals surface area contributed by atoms with Crippen molar-refractivity contribution in [3.63, 3.8) is 0 Å². The molecular formula is C22H19N3OS. The van der Waals surface area contributed by atoms with E-state index in [1.807, 2.05) is 71.8 Å². The van der Waals surface area contributed by atoms with Gasteiger partial charge in [-0.05, 0) is 17.7 Å². The minimum atomic E-state index is -0.0196. The highest BCUT2D eigenvalue weighted by Gasteiger charge is 2.12. The molecule has 2 heterocycles. The summed E-state index contributed by atoms with van der Waals surface area (Å²) >= 11 is 1.59. The molecule has 0 bridgehead atoms. The molecular weight excluding hydrogens is 354 g/mol. The van der Waals surface area contributed by atoms with Crippen LogP contribution < -0.4 is 5.56 Å². The van der Waals surface area contributed by atoms with Crippen LogP contribution in [-0.2, 0) is 13.6 Å². The summed E-state index contributed by atoms with van der Waals surface area (Å²) in [5, 5.41) is 4.51. The SMILES string of the molecule is Cn1cc(-c2cnn(Cc3ccccc3)c2)c(Sc2ccccc2)cc1=O. The summed E-state index contributed by atoms with van der Waals surface area (Å²) in [7, 11) is 1.77. The number of benzene rings is 2. The number of rotatable bonds is 5. The fourth-order valence-corrected chi connectivity index (χ4v) is 3.88. The number of aromatic nitrogens is 3. The summed E-state index contributed by atoms with van der Waals surface area (Å²) in [5.41, 5.74) is 3.19. The Morgan fingerprint density at radius 1 is 0.963 bits per heavy atom. The largest absolute Gasteiger partial charge is 0.318 e. The maximum atomic E-state index is 12.2. The van der Waals surface area contributed by atoms with Crippen molar-refractivity contribution in [1.29, 1.82) is 0 Å². The molecule has 0 N–H and O–H groups in total. The van der Waals surface area contributed by atoms with E-state index in [-0.39, 0.29) is 5.56 Å². The van der Waals surface area contributed by atoms with Crippen molar-refractivity contribution in [3.8, 4) is 11.1 Å². The number of aryl methyl sites for hydroxylation is 1. The van der Waals surface area contributed by atoms with Crippen LogP contribution in [0.3, 0.4) is 0 Å². The van der Waals surface area contributed by atoms with Crippen LogP contribution in [0.4, 0.5) is 0 Å². The van der Waals surface area contributed by atoms with E-state index in [9.17, 15) is 4.79 Å². The van der Waals surface area contributed by atoms with Crippen LogP contribution in [0.1, 0.15) is 5.56 Å². The van der Waals surface area contributed by atoms with Crippen LogP contribution in [-0.4, -0.2) is 14.3 Å². The second-order valence-corrected chi connectivity index (χ2v) is 7.44. The predicted octanol–water partition coefficient (Wildman–Crippen LogP) is 4.45. The maximum absolute atomic E-state index is 12.2. The Labute approximate surface area is 162 Å². The van der Waals surface area contributed by atoms with Gasteiger partial charge in [-0.15, -0.1) is 0 Å². The molecule has 134 valence electrons. The third-order valence-corrected chi connectivity index (χ3v) is 5.36. The molecule has 0 aliphatic rings. The standard InChI is InChI=1S/C22H19N3OS/c1-24-16-20(21(12-22(24)26)27-19-10-6-3-7-11-19)18-13-23-25(15-18)14-17-8-4-2-5-9-17/h2-13,15-16H,14H2,1H3. The van der Waals surface area contributed by atoms with Crippen molar-refractivity contribution in [1.82, 2.24) is 14.3 Å². The number of nitrogens with zero attached hydrogens (tertiary/aromatic N) is 3. The summed E-state index contributed by atoms with van der Waals surface area (Å²) < 4.78 is 3.53. The van der Waals surface area contributed by atoms with E-state index in [4.69, 9.17) is 0 Å². The Hall–Kier alpha value is -3.05. The highest BCUT2D eigenvalue weighted by Crippen LogP contribution is 2.34. The van der Waals surface area contributed by atoms with Crippen LogP contribution in [0.25, 0.3) is 11.1 Å². The fraction of sp³-hybridized carbons (Fsp3) is 0.0909. The van der Waals surface area contributed by atoms with Crippen molar-refractivity contribution < 1.29 is 0 Å². The summed E-state index contributed by atoms with van der Waals surface area (Å²) in [6.45, 7) is 0.716. The average Bonchev–Trinajstić information content (AvgIpc) is 3.14. The van der Waals surface area contributed by atoms with Crippen molar-refractivity contribution in [2.75, 3.05) is 0 Å². The Bertz CT molecular complexity index is 1100. The van der Waals surface area contributed by atoms with Gasteiger partial charge in [-0.3, -0.25) is 9.48 Å². The van der Waals surface area contributed by atoms with E-state index in [0.29, 0.717) is 6.54 Å². The molecule has 0 atom stereocenters. The van der Waals surface area contributed by atoms with Crippen molar-refractivity contribution in [2.45, 2.75) is 16.3 Å². The third kappa shape index (κ3) is 4.04. The van der Waals surface area contributed by atoms with Crippen molar-refractivity contribution in [3.05, 3.63) is 101 Å². The zero-order valence-electron chi connectivity index (χ0n) is 14.9. The molecule has 0 aliphatic carbocycles. The molecule has 4 nitrogen and oxygen atoms in total. The molecule has 4 aromatic rings. The van der Waals surface area contributed by atoms with Crippen LogP contribution in [0.5, 0.6) is 0 Å². The van der Waals surface area contributed by atoms with E-state index < -0.39 is 0 Å². The lowest BCUT2D eigenvalue weighted by Gasteiger charge is -2.09. The van der Waals surface area contributed by atoms with Gasteiger partial charge < -0.3 is 4.57 Å². The lowest BCUT2D eigenvalue weighted by Crippen LogP contribution is -2.15. The minimum absolute atomic E-state index is 0.0196. The van der Waals surface area contributed by atoms with Gasteiger partial charge in [0.2, 0.25) is 0 Å². The summed E-state index contributed by atoms with van der Waals surface area (Å²) in [6.07, 6.45) is 5.77. The first-order chi connectivity index (χ1) is 13.2. The van der Waals surface area contributed by atoms with Gasteiger partial charge in [-0.2, -0.15) is 5.10 Å². The van der Waals surface area contributed by atoms with Crippen molar-refractivity contribution in [2.24, 2.45) is 7.05 Å². The average molecular weight is 373 g/mol. The molecule has 4 rings (SSSR count). The highest BCUT2D eigenvalue weighted by molar-refractivity contribution is 7.99. The van der Waals surface area contributed by atoms with E-state index in [1.165, 1.54) is 5.56 Å². The lowest BCUT2D eigenvalue weighted by atomic mass is 10.1. The van der Waals surface area contributed by atoms with E-state index >= 15 is 0 Å². The summed E-state index contributed by atoms with van der Waals surface area (Å²) in [5.74, 6) is 0. The third-order valence-electron chi connectivity index (χ3n) is 4.29. The predicted molar refractivity (Wildman–Crippen MR) is 109 cm³/mol. The first kappa shape index (κ1) is 17.4.